The Kier molecular flexibility index (Phi) is 5.84. The van der Waals surface area contributed by atoms with Crippen molar-refractivity contribution in [3.8, 4) is 0 Å². The molecule has 0 saturated carbocycles. The van der Waals surface area contributed by atoms with Crippen molar-refractivity contribution < 1.29 is 18.7 Å². The minimum absolute atomic E-state index is 0.163. The van der Waals surface area contributed by atoms with Crippen LogP contribution >= 0.6 is 27.3 Å². The molecule has 1 fully saturated rings. The number of amides is 2. The Balaban J connectivity index is 1.64. The van der Waals surface area contributed by atoms with Crippen molar-refractivity contribution in [1.29, 1.82) is 0 Å². The number of hydrazine groups is 1. The average molecular weight is 443 g/mol. The van der Waals surface area contributed by atoms with Crippen LogP contribution in [0.5, 0.6) is 0 Å². The molecule has 7 nitrogen and oxygen atoms in total. The minimum Gasteiger partial charge on any atom is -0.378 e. The van der Waals surface area contributed by atoms with Crippen LogP contribution in [-0.4, -0.2) is 43.1 Å². The number of benzene rings is 1. The van der Waals surface area contributed by atoms with Crippen molar-refractivity contribution in [1.82, 2.24) is 15.8 Å². The molecule has 10 heteroatoms. The maximum atomic E-state index is 13.8. The molecule has 2 aromatic rings. The molecule has 0 aliphatic carbocycles. The van der Waals surface area contributed by atoms with Crippen molar-refractivity contribution in [3.63, 3.8) is 0 Å². The van der Waals surface area contributed by atoms with Gasteiger partial charge in [0.2, 0.25) is 0 Å². The van der Waals surface area contributed by atoms with Gasteiger partial charge in [0.1, 0.15) is 10.7 Å². The van der Waals surface area contributed by atoms with Crippen LogP contribution in [0.1, 0.15) is 25.7 Å². The summed E-state index contributed by atoms with van der Waals surface area (Å²) in [6.45, 7) is 4.40. The molecule has 0 spiro atoms. The van der Waals surface area contributed by atoms with E-state index in [2.05, 4.69) is 31.8 Å². The molecule has 0 radical (unpaired) electrons. The second-order valence-corrected chi connectivity index (χ2v) is 7.44. The maximum Gasteiger partial charge on any atom is 0.281 e. The van der Waals surface area contributed by atoms with Crippen LogP contribution in [0.3, 0.4) is 0 Å². The second-order valence-electron chi connectivity index (χ2n) is 5.54. The third-order valence-corrected chi connectivity index (χ3v) is 5.45. The van der Waals surface area contributed by atoms with Crippen molar-refractivity contribution >= 4 is 44.2 Å². The summed E-state index contributed by atoms with van der Waals surface area (Å²) in [5.74, 6) is -1.92. The standard InChI is InChI=1S/C16H16BrFN4O3S/c1-9-13(26-16(19-9)22-4-6-25-7-5-22)15(24)21-20-14(23)11-3-2-10(17)8-12(11)18/h2-3,8H,4-7H2,1H3,(H,20,23)(H,21,24). The molecule has 2 N–H and O–H groups in total. The molecule has 1 aromatic heterocycles. The Labute approximate surface area is 161 Å². The minimum atomic E-state index is -0.737. The van der Waals surface area contributed by atoms with E-state index in [0.717, 1.165) is 5.13 Å². The van der Waals surface area contributed by atoms with Gasteiger partial charge in [0.25, 0.3) is 11.8 Å². The highest BCUT2D eigenvalue weighted by Crippen LogP contribution is 2.26. The Hall–Kier alpha value is -2.04. The van der Waals surface area contributed by atoms with Gasteiger partial charge in [-0.15, -0.1) is 0 Å². The van der Waals surface area contributed by atoms with Gasteiger partial charge in [-0.05, 0) is 25.1 Å². The van der Waals surface area contributed by atoms with Gasteiger partial charge in [-0.2, -0.15) is 0 Å². The number of morpholine rings is 1. The fourth-order valence-electron chi connectivity index (χ4n) is 2.39. The number of rotatable bonds is 3. The van der Waals surface area contributed by atoms with Gasteiger partial charge in [-0.25, -0.2) is 9.37 Å². The molecule has 1 saturated heterocycles. The number of carbonyl (C=O) groups is 2. The third kappa shape index (κ3) is 4.19. The summed E-state index contributed by atoms with van der Waals surface area (Å²) in [5, 5.41) is 0.737. The molecule has 2 heterocycles. The molecule has 1 aromatic carbocycles. The monoisotopic (exact) mass is 442 g/mol. The number of aromatic nitrogens is 1. The van der Waals surface area contributed by atoms with Gasteiger partial charge in [0.05, 0.1) is 24.5 Å². The molecule has 26 heavy (non-hydrogen) atoms. The van der Waals surface area contributed by atoms with Crippen LogP contribution in [0.4, 0.5) is 9.52 Å². The number of aryl methyl sites for hydroxylation is 1. The van der Waals surface area contributed by atoms with E-state index in [1.807, 2.05) is 4.90 Å². The Morgan fingerprint density at radius 1 is 1.27 bits per heavy atom. The first kappa shape index (κ1) is 18.7. The summed E-state index contributed by atoms with van der Waals surface area (Å²) in [6.07, 6.45) is 0. The van der Waals surface area contributed by atoms with E-state index in [4.69, 9.17) is 4.74 Å². The highest BCUT2D eigenvalue weighted by molar-refractivity contribution is 9.10. The molecule has 0 bridgehead atoms. The number of anilines is 1. The van der Waals surface area contributed by atoms with Crippen molar-refractivity contribution in [3.05, 3.63) is 44.6 Å². The van der Waals surface area contributed by atoms with Crippen LogP contribution in [-0.2, 0) is 4.74 Å². The number of hydrogen-bond acceptors (Lipinski definition) is 6. The summed E-state index contributed by atoms with van der Waals surface area (Å²) in [7, 11) is 0. The second kappa shape index (κ2) is 8.11. The number of thiazole rings is 1. The lowest BCUT2D eigenvalue weighted by molar-refractivity contribution is 0.0846. The molecule has 1 aliphatic rings. The summed E-state index contributed by atoms with van der Waals surface area (Å²) in [4.78, 5) is 31.2. The van der Waals surface area contributed by atoms with E-state index in [9.17, 15) is 14.0 Å². The number of halogens is 2. The highest BCUT2D eigenvalue weighted by atomic mass is 79.9. The van der Waals surface area contributed by atoms with Crippen LogP contribution in [0.2, 0.25) is 0 Å². The van der Waals surface area contributed by atoms with Gasteiger partial charge in [0, 0.05) is 17.6 Å². The van der Waals surface area contributed by atoms with E-state index < -0.39 is 17.6 Å². The predicted molar refractivity (Wildman–Crippen MR) is 98.9 cm³/mol. The van der Waals surface area contributed by atoms with Gasteiger partial charge in [0.15, 0.2) is 5.13 Å². The number of ether oxygens (including phenoxy) is 1. The summed E-state index contributed by atoms with van der Waals surface area (Å²) in [6, 6.07) is 4.05. The third-order valence-electron chi connectivity index (χ3n) is 3.74. The van der Waals surface area contributed by atoms with Gasteiger partial charge >= 0.3 is 0 Å². The fraction of sp³-hybridized carbons (Fsp3) is 0.312. The van der Waals surface area contributed by atoms with Crippen molar-refractivity contribution in [2.24, 2.45) is 0 Å². The van der Waals surface area contributed by atoms with E-state index >= 15 is 0 Å². The zero-order chi connectivity index (χ0) is 18.7. The lowest BCUT2D eigenvalue weighted by atomic mass is 10.2. The van der Waals surface area contributed by atoms with Crippen LogP contribution < -0.4 is 15.8 Å². The van der Waals surface area contributed by atoms with Crippen LogP contribution in [0.25, 0.3) is 0 Å². The van der Waals surface area contributed by atoms with E-state index in [1.54, 1.807) is 13.0 Å². The topological polar surface area (TPSA) is 83.6 Å². The number of hydrogen-bond donors (Lipinski definition) is 2. The maximum absolute atomic E-state index is 13.8. The van der Waals surface area contributed by atoms with E-state index in [0.29, 0.717) is 41.3 Å². The molecular weight excluding hydrogens is 427 g/mol. The molecule has 1 aliphatic heterocycles. The van der Waals surface area contributed by atoms with Crippen LogP contribution in [0.15, 0.2) is 22.7 Å². The molecular formula is C16H16BrFN4O3S. The normalized spacial score (nSPS) is 14.2. The largest absolute Gasteiger partial charge is 0.378 e. The highest BCUT2D eigenvalue weighted by Gasteiger charge is 2.21. The van der Waals surface area contributed by atoms with E-state index in [-0.39, 0.29) is 5.56 Å². The molecule has 138 valence electrons. The average Bonchev–Trinajstić information content (AvgIpc) is 3.02. The Morgan fingerprint density at radius 3 is 2.65 bits per heavy atom. The summed E-state index contributed by atoms with van der Waals surface area (Å²) >= 11 is 4.36. The van der Waals surface area contributed by atoms with Crippen molar-refractivity contribution in [2.75, 3.05) is 31.2 Å². The lowest BCUT2D eigenvalue weighted by Crippen LogP contribution is -2.41. The molecule has 0 unspecified atom stereocenters. The number of nitrogens with one attached hydrogen (secondary N) is 2. The zero-order valence-corrected chi connectivity index (χ0v) is 16.2. The van der Waals surface area contributed by atoms with Crippen LogP contribution in [0, 0.1) is 12.7 Å². The summed E-state index contributed by atoms with van der Waals surface area (Å²) < 4.78 is 19.6. The zero-order valence-electron chi connectivity index (χ0n) is 13.8. The molecule has 2 amide bonds. The quantitative estimate of drug-likeness (QED) is 0.712. The smallest absolute Gasteiger partial charge is 0.281 e. The van der Waals surface area contributed by atoms with Gasteiger partial charge in [-0.1, -0.05) is 27.3 Å². The molecule has 0 atom stereocenters. The number of carbonyl (C=O) groups excluding carboxylic acids is 2. The first-order chi connectivity index (χ1) is 12.5. The lowest BCUT2D eigenvalue weighted by Gasteiger charge is -2.25. The Morgan fingerprint density at radius 2 is 1.96 bits per heavy atom. The number of nitrogens with zero attached hydrogens (tertiary/aromatic N) is 2. The predicted octanol–water partition coefficient (Wildman–Crippen LogP) is 2.26. The fourth-order valence-corrected chi connectivity index (χ4v) is 3.74. The van der Waals surface area contributed by atoms with Crippen molar-refractivity contribution in [2.45, 2.75) is 6.92 Å². The summed E-state index contributed by atoms with van der Waals surface area (Å²) in [5.41, 5.74) is 4.94. The first-order valence-corrected chi connectivity index (χ1v) is 9.42. The molecule has 3 rings (SSSR count). The SMILES string of the molecule is Cc1nc(N2CCOCC2)sc1C(=O)NNC(=O)c1ccc(Br)cc1F. The Bertz CT molecular complexity index is 839. The van der Waals surface area contributed by atoms with Gasteiger partial charge < -0.3 is 9.64 Å². The van der Waals surface area contributed by atoms with Gasteiger partial charge in [-0.3, -0.25) is 20.4 Å². The van der Waals surface area contributed by atoms with E-state index in [1.165, 1.54) is 23.5 Å². The first-order valence-electron chi connectivity index (χ1n) is 7.81.